The molecule has 0 saturated heterocycles. The third-order valence-corrected chi connectivity index (χ3v) is 7.96. The van der Waals surface area contributed by atoms with Crippen molar-refractivity contribution in [2.75, 3.05) is 7.11 Å². The van der Waals surface area contributed by atoms with E-state index in [4.69, 9.17) is 4.74 Å². The molecule has 1 fully saturated rings. The minimum Gasteiger partial charge on any atom is -0.469 e. The molecular formula is C22H36N2O3S. The zero-order valence-corrected chi connectivity index (χ0v) is 19.5. The Morgan fingerprint density at radius 3 is 2.50 bits per heavy atom. The Morgan fingerprint density at radius 1 is 1.32 bits per heavy atom. The van der Waals surface area contributed by atoms with E-state index in [0.29, 0.717) is 12.8 Å². The van der Waals surface area contributed by atoms with Crippen molar-refractivity contribution in [1.29, 1.82) is 0 Å². The van der Waals surface area contributed by atoms with Gasteiger partial charge in [0.1, 0.15) is 4.67 Å². The number of methoxy groups -OCH3 is 1. The van der Waals surface area contributed by atoms with Crippen LogP contribution in [0.2, 0.25) is 0 Å². The molecule has 0 bridgehead atoms. The smallest absolute Gasteiger partial charge is 0.309 e. The number of esters is 1. The van der Waals surface area contributed by atoms with E-state index in [-0.39, 0.29) is 23.3 Å². The Labute approximate surface area is 173 Å². The largest absolute Gasteiger partial charge is 0.469 e. The number of hydrogen-bond acceptors (Lipinski definition) is 4. The first kappa shape index (κ1) is 22.9. The number of amides is 1. The highest BCUT2D eigenvalue weighted by molar-refractivity contribution is 7.04. The number of ether oxygens (including phenoxy) is 1. The summed E-state index contributed by atoms with van der Waals surface area (Å²) in [5.41, 5.74) is -0.0833. The summed E-state index contributed by atoms with van der Waals surface area (Å²) in [4.78, 5) is 30.2. The van der Waals surface area contributed by atoms with Crippen LogP contribution in [0.15, 0.2) is 11.2 Å². The fourth-order valence-electron chi connectivity index (χ4n) is 3.99. The molecule has 0 spiro atoms. The maximum atomic E-state index is 13.4. The van der Waals surface area contributed by atoms with Gasteiger partial charge < -0.3 is 4.74 Å². The molecule has 1 amide bonds. The molecule has 5 nitrogen and oxygen atoms in total. The molecule has 158 valence electrons. The summed E-state index contributed by atoms with van der Waals surface area (Å²) in [7, 11) is 1.41. The van der Waals surface area contributed by atoms with Gasteiger partial charge >= 0.3 is 5.97 Å². The molecule has 0 aliphatic heterocycles. The number of aromatic nitrogens is 1. The number of hydrogen-bond donors (Lipinski definition) is 0. The molecule has 6 heteroatoms. The van der Waals surface area contributed by atoms with Crippen molar-refractivity contribution in [2.45, 2.75) is 86.1 Å². The zero-order chi connectivity index (χ0) is 21.3. The highest BCUT2D eigenvalue weighted by Gasteiger charge is 2.58. The van der Waals surface area contributed by atoms with Crippen molar-refractivity contribution in [3.05, 3.63) is 16.4 Å². The number of carbonyl (C=O) groups is 2. The number of aryl methyl sites for hydroxylation is 1. The molecule has 0 radical (unpaired) electrons. The Bertz CT molecular complexity index is 797. The van der Waals surface area contributed by atoms with E-state index < -0.39 is 10.8 Å². The van der Waals surface area contributed by atoms with Crippen LogP contribution in [0.1, 0.15) is 79.7 Å². The summed E-state index contributed by atoms with van der Waals surface area (Å²) < 4.78 is 7.98. The fourth-order valence-corrected chi connectivity index (χ4v) is 5.03. The van der Waals surface area contributed by atoms with Crippen LogP contribution in [0.4, 0.5) is 0 Å². The average Bonchev–Trinajstić information content (AvgIpc) is 3.12. The lowest BCUT2D eigenvalue weighted by molar-refractivity contribution is -0.151. The van der Waals surface area contributed by atoms with Crippen LogP contribution >= 0.6 is 11.5 Å². The maximum absolute atomic E-state index is 13.4. The summed E-state index contributed by atoms with van der Waals surface area (Å²) in [5, 5.41) is 0. The summed E-state index contributed by atoms with van der Waals surface area (Å²) in [5.74, 6) is -0.625. The Hall–Kier alpha value is -1.43. The van der Waals surface area contributed by atoms with E-state index in [2.05, 4.69) is 42.8 Å². The first-order valence-electron chi connectivity index (χ1n) is 10.3. The first-order valence-corrected chi connectivity index (χ1v) is 11.0. The van der Waals surface area contributed by atoms with Gasteiger partial charge in [0.2, 0.25) is 0 Å². The van der Waals surface area contributed by atoms with Crippen LogP contribution in [-0.2, 0) is 26.3 Å². The molecule has 28 heavy (non-hydrogen) atoms. The quantitative estimate of drug-likeness (QED) is 0.664. The fraction of sp³-hybridized carbons (Fsp3) is 0.773. The monoisotopic (exact) mass is 408 g/mol. The third-order valence-electron chi connectivity index (χ3n) is 6.58. The highest BCUT2D eigenvalue weighted by Crippen LogP contribution is 2.56. The van der Waals surface area contributed by atoms with Crippen LogP contribution in [0, 0.1) is 16.7 Å². The minimum absolute atomic E-state index is 0.0467. The van der Waals surface area contributed by atoms with E-state index in [1.807, 2.05) is 20.8 Å². The normalized spacial score (nSPS) is 25.1. The van der Waals surface area contributed by atoms with Crippen LogP contribution in [-0.4, -0.2) is 22.9 Å². The molecule has 2 atom stereocenters. The van der Waals surface area contributed by atoms with Crippen molar-refractivity contribution in [3.8, 4) is 0 Å². The van der Waals surface area contributed by atoms with Gasteiger partial charge in [0.25, 0.3) is 5.91 Å². The summed E-state index contributed by atoms with van der Waals surface area (Å²) >= 11 is 1.55. The molecular weight excluding hydrogens is 372 g/mol. The number of nitrogens with zero attached hydrogens (tertiary/aromatic N) is 2. The van der Waals surface area contributed by atoms with Crippen LogP contribution < -0.4 is 4.67 Å². The van der Waals surface area contributed by atoms with Gasteiger partial charge in [0.05, 0.1) is 18.4 Å². The Morgan fingerprint density at radius 2 is 1.96 bits per heavy atom. The van der Waals surface area contributed by atoms with Gasteiger partial charge in [-0.25, -0.2) is 4.99 Å². The molecule has 2 rings (SSSR count). The van der Waals surface area contributed by atoms with Crippen molar-refractivity contribution in [2.24, 2.45) is 21.7 Å². The minimum atomic E-state index is -0.676. The second-order valence-corrected chi connectivity index (χ2v) is 10.7. The van der Waals surface area contributed by atoms with Crippen molar-refractivity contribution >= 4 is 23.4 Å². The molecule has 1 aliphatic rings. The number of rotatable bonds is 5. The third kappa shape index (κ3) is 4.12. The van der Waals surface area contributed by atoms with Gasteiger partial charge in [0, 0.05) is 17.3 Å². The second kappa shape index (κ2) is 8.13. The predicted octanol–water partition coefficient (Wildman–Crippen LogP) is 4.69. The van der Waals surface area contributed by atoms with Crippen LogP contribution in [0.25, 0.3) is 0 Å². The first-order chi connectivity index (χ1) is 12.9. The van der Waals surface area contributed by atoms with Gasteiger partial charge in [-0.1, -0.05) is 34.1 Å². The lowest BCUT2D eigenvalue weighted by atomic mass is 9.65. The molecule has 0 N–H and O–H groups in total. The molecule has 0 aromatic carbocycles. The van der Waals surface area contributed by atoms with Crippen LogP contribution in [0.5, 0.6) is 0 Å². The Kier molecular flexibility index (Phi) is 6.64. The summed E-state index contributed by atoms with van der Waals surface area (Å²) in [6, 6.07) is 0. The highest BCUT2D eigenvalue weighted by atomic mass is 32.1. The molecule has 1 heterocycles. The second-order valence-electron chi connectivity index (χ2n) is 9.74. The van der Waals surface area contributed by atoms with Gasteiger partial charge in [-0.05, 0) is 63.4 Å². The average molecular weight is 409 g/mol. The lowest BCUT2D eigenvalue weighted by Gasteiger charge is -2.38. The Balaban J connectivity index is 2.45. The van der Waals surface area contributed by atoms with Gasteiger partial charge in [-0.3, -0.25) is 13.5 Å². The predicted molar refractivity (Wildman–Crippen MR) is 113 cm³/mol. The molecule has 1 aliphatic carbocycles. The van der Waals surface area contributed by atoms with Crippen molar-refractivity contribution < 1.29 is 14.3 Å². The summed E-state index contributed by atoms with van der Waals surface area (Å²) in [6.07, 6.45) is 6.55. The molecule has 0 unspecified atom stereocenters. The van der Waals surface area contributed by atoms with E-state index in [1.165, 1.54) is 7.11 Å². The van der Waals surface area contributed by atoms with E-state index in [0.717, 1.165) is 29.5 Å². The molecule has 1 aromatic heterocycles. The van der Waals surface area contributed by atoms with E-state index in [1.54, 1.807) is 11.5 Å². The molecule has 1 aromatic rings. The van der Waals surface area contributed by atoms with Crippen LogP contribution in [0.3, 0.4) is 0 Å². The van der Waals surface area contributed by atoms with Crippen molar-refractivity contribution in [1.82, 2.24) is 3.96 Å². The topological polar surface area (TPSA) is 60.7 Å². The SMILES string of the molecule is CCCCc1cn(C(C)(C)C)sc1=NC(=O)[C@@]1(C)CC[C@@H](C(=O)OC)C1(C)C. The lowest BCUT2D eigenvalue weighted by Crippen LogP contribution is -2.42. The number of unbranched alkanes of at least 4 members (excludes halogenated alkanes) is 1. The van der Waals surface area contributed by atoms with Gasteiger partial charge in [-0.15, -0.1) is 0 Å². The van der Waals surface area contributed by atoms with Gasteiger partial charge in [-0.2, -0.15) is 0 Å². The van der Waals surface area contributed by atoms with Crippen molar-refractivity contribution in [3.63, 3.8) is 0 Å². The molecule has 1 saturated carbocycles. The summed E-state index contributed by atoms with van der Waals surface area (Å²) in [6.45, 7) is 14.6. The standard InChI is InChI=1S/C22H36N2O3S/c1-9-10-11-15-14-24(20(2,3)4)28-17(15)23-19(26)22(7)13-12-16(18(25)27-8)21(22,5)6/h14,16H,9-13H2,1-8H3/t16-,22+/m0/s1. The number of carbonyl (C=O) groups excluding carboxylic acids is 2. The van der Waals surface area contributed by atoms with E-state index in [9.17, 15) is 9.59 Å². The zero-order valence-electron chi connectivity index (χ0n) is 18.7. The van der Waals surface area contributed by atoms with Gasteiger partial charge in [0.15, 0.2) is 0 Å². The maximum Gasteiger partial charge on any atom is 0.309 e. The van der Waals surface area contributed by atoms with E-state index >= 15 is 0 Å².